The minimum absolute atomic E-state index is 0.138. The molecule has 0 spiro atoms. The Hall–Kier alpha value is -2.59. The molecule has 7 atom stereocenters. The second kappa shape index (κ2) is 11.5. The van der Waals surface area contributed by atoms with Crippen molar-refractivity contribution in [1.82, 2.24) is 4.98 Å². The first-order chi connectivity index (χ1) is 18.4. The number of rotatable bonds is 4. The number of benzene rings is 1. The first-order valence-corrected chi connectivity index (χ1v) is 13.8. The molecule has 2 aromatic rings. The zero-order valence-corrected chi connectivity index (χ0v) is 23.3. The molecule has 3 N–H and O–H groups in total. The smallest absolute Gasteiger partial charge is 0.309 e. The highest BCUT2D eigenvalue weighted by atomic mass is 16.6. The van der Waals surface area contributed by atoms with Crippen molar-refractivity contribution < 1.29 is 38.8 Å². The molecule has 2 aliphatic rings. The highest BCUT2D eigenvalue weighted by Gasteiger charge is 2.53. The Kier molecular flexibility index (Phi) is 8.66. The molecule has 9 nitrogen and oxygen atoms in total. The van der Waals surface area contributed by atoms with Crippen molar-refractivity contribution >= 4 is 22.9 Å². The lowest BCUT2D eigenvalue weighted by atomic mass is 9.71. The van der Waals surface area contributed by atoms with Crippen molar-refractivity contribution in [1.29, 1.82) is 0 Å². The number of epoxide rings is 1. The average Bonchev–Trinajstić information content (AvgIpc) is 3.33. The molecule has 2 saturated heterocycles. The molecule has 3 heterocycles. The minimum Gasteiger partial charge on any atom is -0.457 e. The van der Waals surface area contributed by atoms with E-state index < -0.39 is 35.6 Å². The van der Waals surface area contributed by atoms with Gasteiger partial charge in [0.05, 0.1) is 35.7 Å². The Labute approximate surface area is 229 Å². The van der Waals surface area contributed by atoms with Gasteiger partial charge in [-0.2, -0.15) is 0 Å². The lowest BCUT2D eigenvalue weighted by molar-refractivity contribution is -0.156. The molecule has 4 rings (SSSR count). The van der Waals surface area contributed by atoms with Gasteiger partial charge in [0.25, 0.3) is 0 Å². The van der Waals surface area contributed by atoms with Crippen molar-refractivity contribution in [2.75, 3.05) is 0 Å². The predicted octanol–water partition coefficient (Wildman–Crippen LogP) is 4.17. The topological polar surface area (TPSA) is 143 Å². The van der Waals surface area contributed by atoms with Crippen LogP contribution in [0.4, 0.5) is 0 Å². The molecule has 1 aromatic heterocycles. The maximum absolute atomic E-state index is 13.6. The van der Waals surface area contributed by atoms with Crippen LogP contribution in [-0.4, -0.2) is 56.0 Å². The molecule has 0 saturated carbocycles. The van der Waals surface area contributed by atoms with E-state index >= 15 is 0 Å². The van der Waals surface area contributed by atoms with Gasteiger partial charge < -0.3 is 29.2 Å². The van der Waals surface area contributed by atoms with Crippen molar-refractivity contribution in [2.24, 2.45) is 17.3 Å². The van der Waals surface area contributed by atoms with Gasteiger partial charge in [-0.05, 0) is 49.8 Å². The number of aliphatic hydroxyl groups excluding tert-OH is 3. The Morgan fingerprint density at radius 2 is 1.95 bits per heavy atom. The van der Waals surface area contributed by atoms with Gasteiger partial charge in [-0.1, -0.05) is 39.3 Å². The van der Waals surface area contributed by atoms with Crippen molar-refractivity contribution in [3.63, 3.8) is 0 Å². The van der Waals surface area contributed by atoms with Crippen LogP contribution in [-0.2, 0) is 25.7 Å². The number of ketones is 1. The fourth-order valence-corrected chi connectivity index (χ4v) is 5.70. The summed E-state index contributed by atoms with van der Waals surface area (Å²) in [5.41, 5.74) is 0.0630. The quantitative estimate of drug-likeness (QED) is 0.294. The number of oxazole rings is 1. The number of fused-ring (bicyclic) bond motifs is 2. The van der Waals surface area contributed by atoms with Gasteiger partial charge in [0.1, 0.15) is 24.0 Å². The summed E-state index contributed by atoms with van der Waals surface area (Å²) in [6.07, 6.45) is 1.17. The van der Waals surface area contributed by atoms with Crippen LogP contribution < -0.4 is 0 Å². The van der Waals surface area contributed by atoms with Gasteiger partial charge >= 0.3 is 5.97 Å². The van der Waals surface area contributed by atoms with Crippen molar-refractivity contribution in [3.8, 4) is 0 Å². The number of ether oxygens (including phenoxy) is 2. The van der Waals surface area contributed by atoms with Crippen LogP contribution in [0.2, 0.25) is 0 Å². The number of aromatic nitrogens is 1. The second-order valence-electron chi connectivity index (χ2n) is 11.9. The maximum Gasteiger partial charge on any atom is 0.309 e. The summed E-state index contributed by atoms with van der Waals surface area (Å²) in [6.45, 7) is 10.6. The summed E-state index contributed by atoms with van der Waals surface area (Å²) in [4.78, 5) is 31.0. The average molecular weight is 544 g/mol. The number of Topliss-reactive ketones (excluding diaryl/α,β-unsaturated/α-hetero) is 1. The maximum atomic E-state index is 13.6. The monoisotopic (exact) mass is 543 g/mol. The predicted molar refractivity (Wildman–Crippen MR) is 143 cm³/mol. The van der Waals surface area contributed by atoms with Gasteiger partial charge in [0, 0.05) is 12.3 Å². The SMILES string of the molecule is C=CC[C@H]1C(=O)C(C)(C)[C@@H](O)CC(=O)O[C@H](c2ccc3oc(CO)nc3c2)C[C@@H]2O[C@]2(C)CCC[C@H](C)[C@@H]1O. The van der Waals surface area contributed by atoms with E-state index in [1.54, 1.807) is 38.1 Å². The molecule has 39 heavy (non-hydrogen) atoms. The van der Waals surface area contributed by atoms with Crippen LogP contribution in [0.25, 0.3) is 11.1 Å². The van der Waals surface area contributed by atoms with Crippen LogP contribution in [0.3, 0.4) is 0 Å². The van der Waals surface area contributed by atoms with E-state index in [9.17, 15) is 24.9 Å². The Bertz CT molecular complexity index is 1200. The first kappa shape index (κ1) is 29.4. The molecule has 1 aromatic carbocycles. The van der Waals surface area contributed by atoms with E-state index in [2.05, 4.69) is 11.6 Å². The van der Waals surface area contributed by atoms with Crippen molar-refractivity contribution in [2.45, 2.75) is 103 Å². The molecule has 2 fully saturated rings. The van der Waals surface area contributed by atoms with Gasteiger partial charge in [-0.3, -0.25) is 9.59 Å². The second-order valence-corrected chi connectivity index (χ2v) is 11.9. The van der Waals surface area contributed by atoms with E-state index in [1.807, 2.05) is 13.8 Å². The van der Waals surface area contributed by atoms with E-state index in [-0.39, 0.29) is 48.7 Å². The standard InChI is InChI=1S/C30H41NO8/c1-6-8-19-27(35)17(2)9-7-12-30(5)24(39-30)14-22(38-26(34)15-23(33)29(3,4)28(19)36)18-10-11-21-20(13-18)31-25(16-32)37-21/h6,10-11,13,17,19,22-24,27,32-33,35H,1,7-9,12,14-16H2,2-5H3/t17-,19+,22-,23-,24-,27-,30+/m0/s1. The zero-order valence-electron chi connectivity index (χ0n) is 23.3. The number of aliphatic hydroxyl groups is 3. The first-order valence-electron chi connectivity index (χ1n) is 13.8. The number of carbonyl (C=O) groups excluding carboxylic acids is 2. The van der Waals surface area contributed by atoms with E-state index in [0.717, 1.165) is 12.8 Å². The Morgan fingerprint density at radius 3 is 2.64 bits per heavy atom. The summed E-state index contributed by atoms with van der Waals surface area (Å²) in [5, 5.41) is 31.5. The number of hydrogen-bond acceptors (Lipinski definition) is 9. The highest BCUT2D eigenvalue weighted by molar-refractivity contribution is 5.88. The fraction of sp³-hybridized carbons (Fsp3) is 0.633. The van der Waals surface area contributed by atoms with Gasteiger partial charge in [-0.15, -0.1) is 6.58 Å². The fourth-order valence-electron chi connectivity index (χ4n) is 5.70. The molecule has 2 aliphatic heterocycles. The van der Waals surface area contributed by atoms with Gasteiger partial charge in [0.15, 0.2) is 5.58 Å². The Balaban J connectivity index is 1.63. The van der Waals surface area contributed by atoms with Gasteiger partial charge in [0.2, 0.25) is 5.89 Å². The number of carbonyl (C=O) groups is 2. The van der Waals surface area contributed by atoms with Crippen LogP contribution in [0, 0.1) is 17.3 Å². The number of esters is 1. The molecule has 0 bridgehead atoms. The summed E-state index contributed by atoms with van der Waals surface area (Å²) in [6, 6.07) is 5.28. The normalized spacial score (nSPS) is 34.3. The van der Waals surface area contributed by atoms with E-state index in [0.29, 0.717) is 29.5 Å². The molecular weight excluding hydrogens is 502 g/mol. The highest BCUT2D eigenvalue weighted by Crippen LogP contribution is 2.47. The molecule has 0 radical (unpaired) electrons. The van der Waals surface area contributed by atoms with Crippen LogP contribution in [0.15, 0.2) is 35.3 Å². The van der Waals surface area contributed by atoms with E-state index in [4.69, 9.17) is 13.9 Å². The number of nitrogens with zero attached hydrogens (tertiary/aromatic N) is 1. The van der Waals surface area contributed by atoms with Crippen LogP contribution in [0.5, 0.6) is 0 Å². The summed E-state index contributed by atoms with van der Waals surface area (Å²) < 4.78 is 17.5. The number of allylic oxidation sites excluding steroid dienone is 1. The number of cyclic esters (lactones) is 1. The third-order valence-electron chi connectivity index (χ3n) is 8.61. The zero-order chi connectivity index (χ0) is 28.5. The molecule has 9 heteroatoms. The third-order valence-corrected chi connectivity index (χ3v) is 8.61. The lowest BCUT2D eigenvalue weighted by Gasteiger charge is -2.35. The largest absolute Gasteiger partial charge is 0.457 e. The lowest BCUT2D eigenvalue weighted by Crippen LogP contribution is -2.46. The van der Waals surface area contributed by atoms with Crippen LogP contribution >= 0.6 is 0 Å². The van der Waals surface area contributed by atoms with E-state index in [1.165, 1.54) is 0 Å². The summed E-state index contributed by atoms with van der Waals surface area (Å²) in [7, 11) is 0. The van der Waals surface area contributed by atoms with Gasteiger partial charge in [-0.25, -0.2) is 4.98 Å². The third kappa shape index (κ3) is 6.27. The molecule has 0 unspecified atom stereocenters. The summed E-state index contributed by atoms with van der Waals surface area (Å²) in [5.74, 6) is -1.64. The molecule has 214 valence electrons. The Morgan fingerprint density at radius 1 is 1.21 bits per heavy atom. The van der Waals surface area contributed by atoms with Crippen LogP contribution in [0.1, 0.15) is 83.8 Å². The van der Waals surface area contributed by atoms with Crippen molar-refractivity contribution in [3.05, 3.63) is 42.3 Å². The number of hydrogen-bond donors (Lipinski definition) is 3. The summed E-state index contributed by atoms with van der Waals surface area (Å²) >= 11 is 0. The molecule has 0 aliphatic carbocycles. The minimum atomic E-state index is -1.31. The molecule has 0 amide bonds. The molecular formula is C30H41NO8.